The molecule has 1 amide bonds. The Morgan fingerprint density at radius 1 is 0.703 bits per heavy atom. The molecule has 0 atom stereocenters. The van der Waals surface area contributed by atoms with Gasteiger partial charge in [0.15, 0.2) is 11.5 Å². The molecule has 0 aliphatic rings. The highest BCUT2D eigenvalue weighted by atomic mass is 16.1. The Bertz CT molecular complexity index is 1610. The molecule has 7 nitrogen and oxygen atoms in total. The Labute approximate surface area is 213 Å². The second kappa shape index (κ2) is 9.83. The van der Waals surface area contributed by atoms with Gasteiger partial charge in [-0.3, -0.25) is 9.78 Å². The molecular formula is C30H22N6O. The van der Waals surface area contributed by atoms with Crippen molar-refractivity contribution in [3.05, 3.63) is 133 Å². The van der Waals surface area contributed by atoms with Gasteiger partial charge in [0, 0.05) is 29.2 Å². The number of carbonyl (C=O) groups excluding carboxylic acids is 1. The number of benzene rings is 3. The van der Waals surface area contributed by atoms with Gasteiger partial charge < -0.3 is 5.32 Å². The number of hydrogen-bond donors (Lipinski definition) is 1. The van der Waals surface area contributed by atoms with Crippen molar-refractivity contribution >= 4 is 17.2 Å². The molecule has 0 bridgehead atoms. The van der Waals surface area contributed by atoms with Gasteiger partial charge in [0.1, 0.15) is 0 Å². The lowest BCUT2D eigenvalue weighted by atomic mass is 9.90. The molecule has 3 aromatic heterocycles. The number of carbonyl (C=O) groups is 1. The van der Waals surface area contributed by atoms with E-state index in [9.17, 15) is 4.79 Å². The minimum Gasteiger partial charge on any atom is -0.325 e. The van der Waals surface area contributed by atoms with Gasteiger partial charge in [0.2, 0.25) is 5.91 Å². The molecule has 0 radical (unpaired) electrons. The van der Waals surface area contributed by atoms with Gasteiger partial charge in [0.05, 0.1) is 11.6 Å². The number of nitrogens with zero attached hydrogens (tertiary/aromatic N) is 5. The van der Waals surface area contributed by atoms with Crippen LogP contribution in [-0.4, -0.2) is 30.7 Å². The molecule has 3 heterocycles. The first kappa shape index (κ1) is 22.3. The van der Waals surface area contributed by atoms with E-state index in [-0.39, 0.29) is 5.91 Å². The Kier molecular flexibility index (Phi) is 5.93. The molecular weight excluding hydrogens is 460 g/mol. The molecule has 0 fully saturated rings. The van der Waals surface area contributed by atoms with E-state index in [2.05, 4.69) is 20.5 Å². The van der Waals surface area contributed by atoms with Gasteiger partial charge >= 0.3 is 0 Å². The summed E-state index contributed by atoms with van der Waals surface area (Å²) in [6.45, 7) is 0. The maximum absolute atomic E-state index is 13.4. The van der Waals surface area contributed by atoms with E-state index in [0.29, 0.717) is 17.2 Å². The summed E-state index contributed by atoms with van der Waals surface area (Å²) < 4.78 is 1.71. The summed E-state index contributed by atoms with van der Waals surface area (Å²) in [5.41, 5.74) is 5.77. The average Bonchev–Trinajstić information content (AvgIpc) is 3.39. The minimum atomic E-state index is -0.411. The molecule has 0 aliphatic carbocycles. The number of rotatable bonds is 6. The number of pyridine rings is 1. The molecule has 3 aromatic carbocycles. The van der Waals surface area contributed by atoms with Crippen LogP contribution in [0, 0.1) is 0 Å². The van der Waals surface area contributed by atoms with Gasteiger partial charge in [-0.05, 0) is 47.5 Å². The number of fused-ring (bicyclic) bond motifs is 1. The highest BCUT2D eigenvalue weighted by molar-refractivity contribution is 5.98. The highest BCUT2D eigenvalue weighted by Crippen LogP contribution is 2.27. The van der Waals surface area contributed by atoms with Crippen molar-refractivity contribution in [1.82, 2.24) is 24.8 Å². The number of nitrogens with one attached hydrogen (secondary N) is 1. The van der Waals surface area contributed by atoms with E-state index in [1.165, 1.54) is 0 Å². The largest absolute Gasteiger partial charge is 0.325 e. The topological polar surface area (TPSA) is 85.1 Å². The molecule has 0 saturated heterocycles. The summed E-state index contributed by atoms with van der Waals surface area (Å²) in [7, 11) is 0. The van der Waals surface area contributed by atoms with E-state index in [1.807, 2.05) is 109 Å². The molecule has 0 spiro atoms. The fourth-order valence-corrected chi connectivity index (χ4v) is 4.34. The molecule has 0 saturated carbocycles. The summed E-state index contributed by atoms with van der Waals surface area (Å²) in [5.74, 6) is 0.128. The molecule has 6 aromatic rings. The zero-order valence-corrected chi connectivity index (χ0v) is 19.8. The number of anilines is 1. The molecule has 7 heteroatoms. The van der Waals surface area contributed by atoms with Crippen molar-refractivity contribution in [3.63, 3.8) is 0 Å². The Morgan fingerprint density at radius 2 is 1.41 bits per heavy atom. The normalized spacial score (nSPS) is 11.1. The Hall–Kier alpha value is -5.17. The van der Waals surface area contributed by atoms with E-state index in [4.69, 9.17) is 5.10 Å². The fourth-order valence-electron chi connectivity index (χ4n) is 4.34. The van der Waals surface area contributed by atoms with Crippen LogP contribution in [-0.2, 0) is 4.79 Å². The third-order valence-corrected chi connectivity index (χ3v) is 6.16. The number of hydrogen-bond acceptors (Lipinski definition) is 5. The third-order valence-electron chi connectivity index (χ3n) is 6.16. The van der Waals surface area contributed by atoms with Crippen LogP contribution in [0.4, 0.5) is 5.69 Å². The van der Waals surface area contributed by atoms with Crippen LogP contribution < -0.4 is 5.32 Å². The van der Waals surface area contributed by atoms with Gasteiger partial charge in [0.25, 0.3) is 0 Å². The standard InChI is InChI=1S/C30H22N6O/c37-30(28(22-8-3-1-4-9-22)23-10-5-2-6-11-23)32-25-15-13-21(14-16-25)26-17-18-27-33-34-29(36(27)35-26)24-12-7-19-31-20-24/h1-20,28H,(H,32,37). The quantitative estimate of drug-likeness (QED) is 0.333. The molecule has 0 aliphatic heterocycles. The summed E-state index contributed by atoms with van der Waals surface area (Å²) in [6.07, 6.45) is 3.45. The van der Waals surface area contributed by atoms with Crippen LogP contribution in [0.15, 0.2) is 122 Å². The lowest BCUT2D eigenvalue weighted by molar-refractivity contribution is -0.116. The summed E-state index contributed by atoms with van der Waals surface area (Å²) in [6, 6.07) is 34.9. The van der Waals surface area contributed by atoms with Crippen LogP contribution in [0.25, 0.3) is 28.3 Å². The predicted octanol–water partition coefficient (Wildman–Crippen LogP) is 5.62. The monoisotopic (exact) mass is 482 g/mol. The van der Waals surface area contributed by atoms with Crippen LogP contribution in [0.2, 0.25) is 0 Å². The van der Waals surface area contributed by atoms with Crippen molar-refractivity contribution < 1.29 is 4.79 Å². The van der Waals surface area contributed by atoms with Gasteiger partial charge in [-0.15, -0.1) is 10.2 Å². The van der Waals surface area contributed by atoms with E-state index in [0.717, 1.165) is 27.9 Å². The zero-order chi connectivity index (χ0) is 25.0. The maximum atomic E-state index is 13.4. The van der Waals surface area contributed by atoms with Crippen LogP contribution in [0.5, 0.6) is 0 Å². The molecule has 178 valence electrons. The van der Waals surface area contributed by atoms with Gasteiger partial charge in [-0.1, -0.05) is 72.8 Å². The van der Waals surface area contributed by atoms with E-state index >= 15 is 0 Å². The van der Waals surface area contributed by atoms with Crippen LogP contribution >= 0.6 is 0 Å². The SMILES string of the molecule is O=C(Nc1ccc(-c2ccc3nnc(-c4cccnc4)n3n2)cc1)C(c1ccccc1)c1ccccc1. The summed E-state index contributed by atoms with van der Waals surface area (Å²) in [4.78, 5) is 17.6. The first-order valence-electron chi connectivity index (χ1n) is 11.9. The van der Waals surface area contributed by atoms with Crippen molar-refractivity contribution in [3.8, 4) is 22.6 Å². The second-order valence-corrected chi connectivity index (χ2v) is 8.57. The summed E-state index contributed by atoms with van der Waals surface area (Å²) in [5, 5.41) is 16.3. The Balaban J connectivity index is 1.26. The first-order valence-corrected chi connectivity index (χ1v) is 11.9. The molecule has 1 N–H and O–H groups in total. The van der Waals surface area contributed by atoms with E-state index in [1.54, 1.807) is 16.9 Å². The molecule has 37 heavy (non-hydrogen) atoms. The third kappa shape index (κ3) is 4.58. The number of aromatic nitrogens is 5. The molecule has 6 rings (SSSR count). The fraction of sp³-hybridized carbons (Fsp3) is 0.0333. The van der Waals surface area contributed by atoms with Crippen molar-refractivity contribution in [1.29, 1.82) is 0 Å². The predicted molar refractivity (Wildman–Crippen MR) is 143 cm³/mol. The second-order valence-electron chi connectivity index (χ2n) is 8.57. The minimum absolute atomic E-state index is 0.0877. The first-order chi connectivity index (χ1) is 18.3. The zero-order valence-electron chi connectivity index (χ0n) is 19.8. The highest BCUT2D eigenvalue weighted by Gasteiger charge is 2.22. The van der Waals surface area contributed by atoms with Gasteiger partial charge in [-0.2, -0.15) is 9.61 Å². The van der Waals surface area contributed by atoms with Crippen molar-refractivity contribution in [2.24, 2.45) is 0 Å². The van der Waals surface area contributed by atoms with Crippen LogP contribution in [0.1, 0.15) is 17.0 Å². The molecule has 0 unspecified atom stereocenters. The van der Waals surface area contributed by atoms with E-state index < -0.39 is 5.92 Å². The average molecular weight is 483 g/mol. The van der Waals surface area contributed by atoms with Crippen molar-refractivity contribution in [2.75, 3.05) is 5.32 Å². The number of amides is 1. The van der Waals surface area contributed by atoms with Crippen molar-refractivity contribution in [2.45, 2.75) is 5.92 Å². The Morgan fingerprint density at radius 3 is 2.05 bits per heavy atom. The maximum Gasteiger partial charge on any atom is 0.236 e. The lowest BCUT2D eigenvalue weighted by Gasteiger charge is -2.18. The lowest BCUT2D eigenvalue weighted by Crippen LogP contribution is -2.22. The van der Waals surface area contributed by atoms with Gasteiger partial charge in [-0.25, -0.2) is 0 Å². The smallest absolute Gasteiger partial charge is 0.236 e. The van der Waals surface area contributed by atoms with Crippen LogP contribution in [0.3, 0.4) is 0 Å². The summed E-state index contributed by atoms with van der Waals surface area (Å²) >= 11 is 0.